The maximum atomic E-state index is 11.7. The van der Waals surface area contributed by atoms with Gasteiger partial charge in [-0.3, -0.25) is 0 Å². The second-order valence-corrected chi connectivity index (χ2v) is 10.4. The van der Waals surface area contributed by atoms with Crippen LogP contribution in [0.3, 0.4) is 0 Å². The molecule has 108 valence electrons. The zero-order chi connectivity index (χ0) is 14.1. The second kappa shape index (κ2) is 6.22. The maximum Gasteiger partial charge on any atom is 0.150 e. The third-order valence-electron chi connectivity index (χ3n) is 3.79. The highest BCUT2D eigenvalue weighted by atomic mass is 79.9. The highest BCUT2D eigenvalue weighted by Crippen LogP contribution is 2.42. The predicted molar refractivity (Wildman–Crippen MR) is 86.4 cm³/mol. The van der Waals surface area contributed by atoms with E-state index < -0.39 is 9.84 Å². The summed E-state index contributed by atoms with van der Waals surface area (Å²) in [6.07, 6.45) is 1.42. The Hall–Kier alpha value is 0.710. The summed E-state index contributed by atoms with van der Waals surface area (Å²) < 4.78 is 24.4. The molecule has 0 spiro atoms. The van der Waals surface area contributed by atoms with Crippen LogP contribution >= 0.6 is 50.5 Å². The highest BCUT2D eigenvalue weighted by Gasteiger charge is 2.44. The van der Waals surface area contributed by atoms with E-state index in [1.54, 1.807) is 11.3 Å². The van der Waals surface area contributed by atoms with Crippen molar-refractivity contribution in [2.45, 2.75) is 12.8 Å². The third-order valence-corrected chi connectivity index (χ3v) is 8.24. The molecule has 0 amide bonds. The topological polar surface area (TPSA) is 34.1 Å². The summed E-state index contributed by atoms with van der Waals surface area (Å²) in [5.74, 6) is 1.34. The molecular weight excluding hydrogens is 391 g/mol. The Kier molecular flexibility index (Phi) is 5.27. The number of rotatable bonds is 5. The number of halogens is 3. The largest absolute Gasteiger partial charge is 0.229 e. The minimum absolute atomic E-state index is 0.0633. The molecule has 19 heavy (non-hydrogen) atoms. The van der Waals surface area contributed by atoms with Gasteiger partial charge in [-0.15, -0.1) is 34.5 Å². The lowest BCUT2D eigenvalue weighted by Crippen LogP contribution is -2.37. The van der Waals surface area contributed by atoms with Crippen LogP contribution in [0.15, 0.2) is 15.9 Å². The van der Waals surface area contributed by atoms with E-state index in [1.165, 1.54) is 4.88 Å². The van der Waals surface area contributed by atoms with Crippen LogP contribution < -0.4 is 0 Å². The van der Waals surface area contributed by atoms with Crippen molar-refractivity contribution in [1.29, 1.82) is 0 Å². The van der Waals surface area contributed by atoms with E-state index in [1.807, 2.05) is 12.1 Å². The molecule has 0 radical (unpaired) electrons. The first-order valence-corrected chi connectivity index (χ1v) is 10.5. The molecule has 1 saturated heterocycles. The first-order chi connectivity index (χ1) is 8.91. The monoisotopic (exact) mass is 404 g/mol. The molecule has 0 N–H and O–H groups in total. The molecule has 7 heteroatoms. The van der Waals surface area contributed by atoms with Crippen LogP contribution in [0.5, 0.6) is 0 Å². The minimum Gasteiger partial charge on any atom is -0.229 e. The number of thiophene rings is 1. The van der Waals surface area contributed by atoms with E-state index in [0.717, 1.165) is 10.2 Å². The Morgan fingerprint density at radius 2 is 2.05 bits per heavy atom. The first-order valence-electron chi connectivity index (χ1n) is 5.97. The van der Waals surface area contributed by atoms with Gasteiger partial charge < -0.3 is 0 Å². The summed E-state index contributed by atoms with van der Waals surface area (Å²) in [5.41, 5.74) is -0.322. The van der Waals surface area contributed by atoms with Gasteiger partial charge in [0.15, 0.2) is 9.84 Å². The summed E-state index contributed by atoms with van der Waals surface area (Å²) in [5, 5.41) is 0. The SMILES string of the molecule is O=S1(=O)CCC(C(CCl)(CCl)Cc2ccc(Br)s2)C1. The zero-order valence-corrected chi connectivity index (χ0v) is 15.0. The molecule has 1 aliphatic heterocycles. The Morgan fingerprint density at radius 3 is 2.47 bits per heavy atom. The average Bonchev–Trinajstić information content (AvgIpc) is 2.92. The lowest BCUT2D eigenvalue weighted by atomic mass is 9.75. The standard InChI is InChI=1S/C12H15BrCl2O2S2/c13-11-2-1-10(18-11)5-12(7-14,8-15)9-3-4-19(16,17)6-9/h1-2,9H,3-8H2. The molecule has 1 fully saturated rings. The van der Waals surface area contributed by atoms with Gasteiger partial charge in [-0.05, 0) is 46.8 Å². The van der Waals surface area contributed by atoms with E-state index in [2.05, 4.69) is 15.9 Å². The van der Waals surface area contributed by atoms with Gasteiger partial charge in [0.25, 0.3) is 0 Å². The van der Waals surface area contributed by atoms with Gasteiger partial charge in [-0.25, -0.2) is 8.42 Å². The van der Waals surface area contributed by atoms with Crippen molar-refractivity contribution < 1.29 is 8.42 Å². The fourth-order valence-corrected chi connectivity index (χ4v) is 7.06. The molecule has 1 aliphatic rings. The van der Waals surface area contributed by atoms with Gasteiger partial charge in [-0.1, -0.05) is 0 Å². The summed E-state index contributed by atoms with van der Waals surface area (Å²) in [7, 11) is -2.91. The molecule has 0 aromatic carbocycles. The van der Waals surface area contributed by atoms with Crippen LogP contribution in [-0.4, -0.2) is 31.7 Å². The van der Waals surface area contributed by atoms with Gasteiger partial charge in [0.2, 0.25) is 0 Å². The molecule has 1 aromatic heterocycles. The molecule has 0 bridgehead atoms. The molecule has 2 rings (SSSR count). The van der Waals surface area contributed by atoms with E-state index in [-0.39, 0.29) is 22.8 Å². The van der Waals surface area contributed by atoms with Crippen LogP contribution in [0, 0.1) is 11.3 Å². The zero-order valence-electron chi connectivity index (χ0n) is 10.2. The molecule has 2 heterocycles. The van der Waals surface area contributed by atoms with Crippen LogP contribution in [0.1, 0.15) is 11.3 Å². The van der Waals surface area contributed by atoms with Crippen molar-refractivity contribution >= 4 is 60.3 Å². The van der Waals surface area contributed by atoms with Gasteiger partial charge in [0, 0.05) is 22.1 Å². The number of sulfone groups is 1. The third kappa shape index (κ3) is 3.67. The van der Waals surface area contributed by atoms with Crippen molar-refractivity contribution in [3.05, 3.63) is 20.8 Å². The molecular formula is C12H15BrCl2O2S2. The maximum absolute atomic E-state index is 11.7. The Labute approximate surface area is 136 Å². The van der Waals surface area contributed by atoms with Crippen LogP contribution in [0.25, 0.3) is 0 Å². The van der Waals surface area contributed by atoms with Gasteiger partial charge in [-0.2, -0.15) is 0 Å². The lowest BCUT2D eigenvalue weighted by molar-refractivity contribution is 0.246. The van der Waals surface area contributed by atoms with Gasteiger partial charge >= 0.3 is 0 Å². The molecule has 1 unspecified atom stereocenters. The summed E-state index contributed by atoms with van der Waals surface area (Å²) in [4.78, 5) is 1.19. The van der Waals surface area contributed by atoms with E-state index in [0.29, 0.717) is 18.2 Å². The Morgan fingerprint density at radius 1 is 1.37 bits per heavy atom. The quantitative estimate of drug-likeness (QED) is 0.695. The number of hydrogen-bond donors (Lipinski definition) is 0. The molecule has 1 aromatic rings. The minimum atomic E-state index is -2.91. The first kappa shape index (κ1) is 16.1. The van der Waals surface area contributed by atoms with Crippen molar-refractivity contribution in [1.82, 2.24) is 0 Å². The number of alkyl halides is 2. The molecule has 0 saturated carbocycles. The summed E-state index contributed by atoms with van der Waals surface area (Å²) in [6, 6.07) is 4.05. The second-order valence-electron chi connectivity index (χ2n) is 5.11. The van der Waals surface area contributed by atoms with Crippen molar-refractivity contribution in [2.75, 3.05) is 23.3 Å². The smallest absolute Gasteiger partial charge is 0.150 e. The van der Waals surface area contributed by atoms with Gasteiger partial charge in [0.1, 0.15) is 0 Å². The average molecular weight is 406 g/mol. The molecule has 2 nitrogen and oxygen atoms in total. The Bertz CT molecular complexity index is 538. The fourth-order valence-electron chi connectivity index (χ4n) is 2.56. The van der Waals surface area contributed by atoms with E-state index in [4.69, 9.17) is 23.2 Å². The summed E-state index contributed by atoms with van der Waals surface area (Å²) in [6.45, 7) is 0. The van der Waals surface area contributed by atoms with Crippen molar-refractivity contribution in [2.24, 2.45) is 11.3 Å². The van der Waals surface area contributed by atoms with Gasteiger partial charge in [0.05, 0.1) is 15.3 Å². The van der Waals surface area contributed by atoms with Crippen LogP contribution in [0.2, 0.25) is 0 Å². The van der Waals surface area contributed by atoms with Crippen LogP contribution in [-0.2, 0) is 16.3 Å². The van der Waals surface area contributed by atoms with Crippen LogP contribution in [0.4, 0.5) is 0 Å². The van der Waals surface area contributed by atoms with Crippen molar-refractivity contribution in [3.8, 4) is 0 Å². The Balaban J connectivity index is 2.22. The fraction of sp³-hybridized carbons (Fsp3) is 0.667. The normalized spacial score (nSPS) is 22.8. The highest BCUT2D eigenvalue weighted by molar-refractivity contribution is 9.11. The van der Waals surface area contributed by atoms with Crippen molar-refractivity contribution in [3.63, 3.8) is 0 Å². The van der Waals surface area contributed by atoms with E-state index in [9.17, 15) is 8.42 Å². The lowest BCUT2D eigenvalue weighted by Gasteiger charge is -2.35. The summed E-state index contributed by atoms with van der Waals surface area (Å²) >= 11 is 17.4. The number of hydrogen-bond acceptors (Lipinski definition) is 3. The van der Waals surface area contributed by atoms with E-state index >= 15 is 0 Å². The molecule has 0 aliphatic carbocycles. The predicted octanol–water partition coefficient (Wildman–Crippen LogP) is 3.95. The molecule has 1 atom stereocenters.